The smallest absolute Gasteiger partial charge is 0.337 e. The largest absolute Gasteiger partial charge is 0.465 e. The van der Waals surface area contributed by atoms with E-state index in [9.17, 15) is 10.1 Å². The molecule has 1 heterocycles. The molecule has 0 saturated heterocycles. The van der Waals surface area contributed by atoms with Crippen LogP contribution in [0.1, 0.15) is 21.5 Å². The highest BCUT2D eigenvalue weighted by atomic mass is 35.5. The van der Waals surface area contributed by atoms with Crippen molar-refractivity contribution < 1.29 is 9.53 Å². The number of hydrogen-bond donors (Lipinski definition) is 0. The fourth-order valence-corrected chi connectivity index (χ4v) is 2.40. The monoisotopic (exact) mass is 338 g/mol. The maximum Gasteiger partial charge on any atom is 0.337 e. The van der Waals surface area contributed by atoms with Crippen LogP contribution in [0.3, 0.4) is 0 Å². The van der Waals surface area contributed by atoms with Crippen molar-refractivity contribution in [3.8, 4) is 11.8 Å². The summed E-state index contributed by atoms with van der Waals surface area (Å²) in [5.74, 6) is -0.401. The van der Waals surface area contributed by atoms with Crippen molar-refractivity contribution in [1.82, 2.24) is 4.57 Å². The molecule has 0 spiro atoms. The van der Waals surface area contributed by atoms with Gasteiger partial charge in [-0.05, 0) is 24.3 Å². The van der Waals surface area contributed by atoms with Gasteiger partial charge in [-0.1, -0.05) is 36.9 Å². The van der Waals surface area contributed by atoms with Crippen LogP contribution in [0.25, 0.3) is 11.3 Å². The van der Waals surface area contributed by atoms with Crippen molar-refractivity contribution in [3.05, 3.63) is 83.7 Å². The molecule has 0 N–H and O–H groups in total. The zero-order chi connectivity index (χ0) is 17.7. The maximum atomic E-state index is 11.5. The van der Waals surface area contributed by atoms with Crippen LogP contribution >= 0.6 is 11.6 Å². The summed E-state index contributed by atoms with van der Waals surface area (Å²) in [5, 5.41) is 9.70. The molecule has 4 nitrogen and oxygen atoms in total. The Hall–Kier alpha value is -3.03. The van der Waals surface area contributed by atoms with Crippen LogP contribution < -0.4 is 0 Å². The fourth-order valence-electron chi connectivity index (χ4n) is 2.24. The summed E-state index contributed by atoms with van der Waals surface area (Å²) in [6.45, 7) is 7.38. The van der Waals surface area contributed by atoms with Gasteiger partial charge in [-0.2, -0.15) is 5.26 Å². The second-order valence-corrected chi connectivity index (χ2v) is 5.32. The Balaban J connectivity index is 2.49. The zero-order valence-corrected chi connectivity index (χ0v) is 13.9. The second kappa shape index (κ2) is 7.49. The Kier molecular flexibility index (Phi) is 5.41. The topological polar surface area (TPSA) is 55.0 Å². The molecular formula is C19H15ClN2O2. The number of carbonyl (C=O) groups excluding carboxylic acids is 1. The quantitative estimate of drug-likeness (QED) is 0.597. The van der Waals surface area contributed by atoms with Gasteiger partial charge < -0.3 is 9.30 Å². The first-order valence-electron chi connectivity index (χ1n) is 7.00. The summed E-state index contributed by atoms with van der Waals surface area (Å²) in [6.07, 6.45) is 6.77. The van der Waals surface area contributed by atoms with E-state index in [0.29, 0.717) is 27.3 Å². The van der Waals surface area contributed by atoms with Gasteiger partial charge in [0.25, 0.3) is 0 Å². The summed E-state index contributed by atoms with van der Waals surface area (Å²) in [4.78, 5) is 11.5. The Morgan fingerprint density at radius 3 is 2.50 bits per heavy atom. The molecule has 0 radical (unpaired) electrons. The SMILES string of the molecule is C=C/C=C(\C(=C)Cl)c1cn(-c2ccc(C(=O)OC)cc2)cc1C#N. The molecule has 0 atom stereocenters. The third-order valence-corrected chi connectivity index (χ3v) is 3.60. The Morgan fingerprint density at radius 2 is 2.00 bits per heavy atom. The summed E-state index contributed by atoms with van der Waals surface area (Å²) in [6, 6.07) is 9.00. The molecule has 0 aliphatic rings. The van der Waals surface area contributed by atoms with Gasteiger partial charge >= 0.3 is 5.97 Å². The molecule has 24 heavy (non-hydrogen) atoms. The molecule has 0 aliphatic carbocycles. The van der Waals surface area contributed by atoms with Gasteiger partial charge in [-0.25, -0.2) is 4.79 Å². The molecular weight excluding hydrogens is 324 g/mol. The molecule has 0 amide bonds. The molecule has 0 bridgehead atoms. The number of nitriles is 1. The lowest BCUT2D eigenvalue weighted by atomic mass is 10.1. The average molecular weight is 339 g/mol. The third-order valence-electron chi connectivity index (χ3n) is 3.40. The van der Waals surface area contributed by atoms with E-state index in [1.54, 1.807) is 53.4 Å². The standard InChI is InChI=1S/C19H15ClN2O2/c1-4-5-17(13(2)20)18-12-22(11-15(18)10-21)16-8-6-14(7-9-16)19(23)24-3/h4-9,11-12H,1-2H2,3H3/b17-5+. The van der Waals surface area contributed by atoms with Crippen molar-refractivity contribution >= 4 is 23.1 Å². The van der Waals surface area contributed by atoms with Crippen LogP contribution in [0.4, 0.5) is 0 Å². The summed E-state index contributed by atoms with van der Waals surface area (Å²) in [7, 11) is 1.33. The molecule has 2 rings (SSSR count). The van der Waals surface area contributed by atoms with Crippen molar-refractivity contribution in [1.29, 1.82) is 5.26 Å². The van der Waals surface area contributed by atoms with E-state index >= 15 is 0 Å². The minimum absolute atomic E-state index is 0.324. The molecule has 1 aromatic heterocycles. The summed E-state index contributed by atoms with van der Waals surface area (Å²) >= 11 is 6.03. The number of esters is 1. The molecule has 5 heteroatoms. The zero-order valence-electron chi connectivity index (χ0n) is 13.1. The predicted molar refractivity (Wildman–Crippen MR) is 95.0 cm³/mol. The van der Waals surface area contributed by atoms with Gasteiger partial charge in [-0.3, -0.25) is 0 Å². The molecule has 120 valence electrons. The van der Waals surface area contributed by atoms with Crippen LogP contribution in [-0.2, 0) is 4.74 Å². The molecule has 0 saturated carbocycles. The molecule has 0 unspecified atom stereocenters. The average Bonchev–Trinajstić information content (AvgIpc) is 3.02. The number of benzene rings is 1. The molecule has 0 fully saturated rings. The highest BCUT2D eigenvalue weighted by molar-refractivity contribution is 6.36. The number of methoxy groups -OCH3 is 1. The van der Waals surface area contributed by atoms with Gasteiger partial charge in [0, 0.05) is 34.2 Å². The van der Waals surface area contributed by atoms with Crippen LogP contribution in [0.15, 0.2) is 67.0 Å². The number of ether oxygens (including phenoxy) is 1. The van der Waals surface area contributed by atoms with E-state index < -0.39 is 5.97 Å². The number of halogens is 1. The van der Waals surface area contributed by atoms with Gasteiger partial charge in [0.05, 0.1) is 18.2 Å². The first-order chi connectivity index (χ1) is 11.5. The molecule has 2 aromatic rings. The molecule has 1 aromatic carbocycles. The van der Waals surface area contributed by atoms with E-state index in [-0.39, 0.29) is 0 Å². The van der Waals surface area contributed by atoms with E-state index in [2.05, 4.69) is 24.0 Å². The van der Waals surface area contributed by atoms with Gasteiger partial charge in [0.15, 0.2) is 0 Å². The Bertz CT molecular complexity index is 868. The first-order valence-corrected chi connectivity index (χ1v) is 7.38. The van der Waals surface area contributed by atoms with Gasteiger partial charge in [0.1, 0.15) is 6.07 Å². The van der Waals surface area contributed by atoms with Crippen LogP contribution in [0, 0.1) is 11.3 Å². The number of allylic oxidation sites excluding steroid dienone is 4. The van der Waals surface area contributed by atoms with Crippen molar-refractivity contribution in [3.63, 3.8) is 0 Å². The lowest BCUT2D eigenvalue weighted by molar-refractivity contribution is 0.0601. The molecule has 0 aliphatic heterocycles. The second-order valence-electron chi connectivity index (χ2n) is 4.86. The highest BCUT2D eigenvalue weighted by Crippen LogP contribution is 2.29. The number of carbonyl (C=O) groups is 1. The lowest BCUT2D eigenvalue weighted by Gasteiger charge is -2.05. The minimum atomic E-state index is -0.401. The Labute approximate surface area is 145 Å². The Morgan fingerprint density at radius 1 is 1.33 bits per heavy atom. The summed E-state index contributed by atoms with van der Waals surface area (Å²) < 4.78 is 6.46. The van der Waals surface area contributed by atoms with Crippen LogP contribution in [0.2, 0.25) is 0 Å². The van der Waals surface area contributed by atoms with E-state index in [1.165, 1.54) is 7.11 Å². The highest BCUT2D eigenvalue weighted by Gasteiger charge is 2.14. The van der Waals surface area contributed by atoms with Crippen LogP contribution in [0.5, 0.6) is 0 Å². The van der Waals surface area contributed by atoms with Crippen LogP contribution in [-0.4, -0.2) is 17.6 Å². The number of nitrogens with zero attached hydrogens (tertiary/aromatic N) is 2. The van der Waals surface area contributed by atoms with E-state index in [4.69, 9.17) is 11.6 Å². The number of rotatable bonds is 5. The maximum absolute atomic E-state index is 11.5. The normalized spacial score (nSPS) is 10.8. The fraction of sp³-hybridized carbons (Fsp3) is 0.0526. The van der Waals surface area contributed by atoms with Crippen molar-refractivity contribution in [2.45, 2.75) is 0 Å². The predicted octanol–water partition coefficient (Wildman–Crippen LogP) is 4.46. The van der Waals surface area contributed by atoms with E-state index in [0.717, 1.165) is 5.69 Å². The number of hydrogen-bond acceptors (Lipinski definition) is 3. The van der Waals surface area contributed by atoms with Gasteiger partial charge in [-0.15, -0.1) is 0 Å². The van der Waals surface area contributed by atoms with E-state index in [1.807, 2.05) is 0 Å². The van der Waals surface area contributed by atoms with Crippen molar-refractivity contribution in [2.75, 3.05) is 7.11 Å². The number of aromatic nitrogens is 1. The first kappa shape index (κ1) is 17.3. The van der Waals surface area contributed by atoms with Crippen molar-refractivity contribution in [2.24, 2.45) is 0 Å². The lowest BCUT2D eigenvalue weighted by Crippen LogP contribution is -2.01. The summed E-state index contributed by atoms with van der Waals surface area (Å²) in [5.41, 5.74) is 3.00. The van der Waals surface area contributed by atoms with Gasteiger partial charge in [0.2, 0.25) is 0 Å². The minimum Gasteiger partial charge on any atom is -0.465 e. The third kappa shape index (κ3) is 3.48.